The van der Waals surface area contributed by atoms with Gasteiger partial charge in [0.05, 0.1) is 24.4 Å². The Bertz CT molecular complexity index is 1140. The number of nitrogens with zero attached hydrogens (tertiary/aromatic N) is 2. The van der Waals surface area contributed by atoms with Crippen LogP contribution in [-0.4, -0.2) is 61.4 Å². The largest absolute Gasteiger partial charge is 0.493 e. The minimum atomic E-state index is -0.177. The van der Waals surface area contributed by atoms with Crippen LogP contribution in [0.3, 0.4) is 0 Å². The Kier molecular flexibility index (Phi) is 7.72. The molecule has 1 aliphatic heterocycles. The summed E-state index contributed by atoms with van der Waals surface area (Å²) in [5.74, 6) is 1.72. The summed E-state index contributed by atoms with van der Waals surface area (Å²) in [6.07, 6.45) is 0. The zero-order chi connectivity index (χ0) is 23.9. The first-order valence-corrected chi connectivity index (χ1v) is 11.3. The number of nitrogens with one attached hydrogen (secondary N) is 1. The minimum Gasteiger partial charge on any atom is -0.493 e. The Balaban J connectivity index is 1.25. The van der Waals surface area contributed by atoms with Crippen LogP contribution in [0.2, 0.25) is 5.02 Å². The number of halogens is 1. The lowest BCUT2D eigenvalue weighted by atomic mass is 10.2. The number of methoxy groups -OCH3 is 1. The number of para-hydroxylation sites is 3. The number of amides is 2. The summed E-state index contributed by atoms with van der Waals surface area (Å²) in [5, 5.41) is 3.32. The van der Waals surface area contributed by atoms with E-state index >= 15 is 0 Å². The molecule has 2 amide bonds. The van der Waals surface area contributed by atoms with E-state index in [1.54, 1.807) is 36.3 Å². The van der Waals surface area contributed by atoms with E-state index in [0.29, 0.717) is 54.1 Å². The van der Waals surface area contributed by atoms with E-state index in [4.69, 9.17) is 25.5 Å². The lowest BCUT2D eigenvalue weighted by Gasteiger charge is -2.33. The van der Waals surface area contributed by atoms with Gasteiger partial charge in [-0.2, -0.15) is 0 Å². The zero-order valence-corrected chi connectivity index (χ0v) is 19.6. The van der Waals surface area contributed by atoms with Crippen molar-refractivity contribution in [1.82, 2.24) is 9.80 Å². The third-order valence-electron chi connectivity index (χ3n) is 5.49. The van der Waals surface area contributed by atoms with Crippen molar-refractivity contribution in [1.29, 1.82) is 0 Å². The first-order valence-electron chi connectivity index (χ1n) is 10.9. The smallest absolute Gasteiger partial charge is 0.289 e. The van der Waals surface area contributed by atoms with Crippen molar-refractivity contribution in [3.63, 3.8) is 0 Å². The van der Waals surface area contributed by atoms with Crippen molar-refractivity contribution in [3.8, 4) is 11.5 Å². The number of ether oxygens (including phenoxy) is 2. The second-order valence-electron chi connectivity index (χ2n) is 7.80. The monoisotopic (exact) mass is 483 g/mol. The maximum Gasteiger partial charge on any atom is 0.289 e. The second-order valence-corrected chi connectivity index (χ2v) is 8.21. The van der Waals surface area contributed by atoms with E-state index < -0.39 is 0 Å². The fourth-order valence-electron chi connectivity index (χ4n) is 3.68. The number of carbonyl (C=O) groups excluding carboxylic acids is 2. The molecule has 3 aromatic rings. The molecule has 2 aromatic carbocycles. The van der Waals surface area contributed by atoms with Crippen molar-refractivity contribution in [2.75, 3.05) is 45.2 Å². The summed E-state index contributed by atoms with van der Waals surface area (Å²) in [6, 6.07) is 17.8. The van der Waals surface area contributed by atoms with Gasteiger partial charge < -0.3 is 24.1 Å². The Hall–Kier alpha value is -3.49. The van der Waals surface area contributed by atoms with Gasteiger partial charge in [0.1, 0.15) is 12.4 Å². The van der Waals surface area contributed by atoms with Gasteiger partial charge in [-0.05, 0) is 36.4 Å². The number of furan rings is 1. The van der Waals surface area contributed by atoms with Crippen LogP contribution in [0, 0.1) is 0 Å². The van der Waals surface area contributed by atoms with Gasteiger partial charge in [-0.1, -0.05) is 35.9 Å². The van der Waals surface area contributed by atoms with E-state index in [1.807, 2.05) is 41.3 Å². The molecule has 0 aliphatic carbocycles. The maximum absolute atomic E-state index is 12.9. The molecule has 1 N–H and O–H groups in total. The highest BCUT2D eigenvalue weighted by molar-refractivity contribution is 6.33. The molecule has 34 heavy (non-hydrogen) atoms. The molecule has 8 nitrogen and oxygen atoms in total. The normalized spacial score (nSPS) is 14.0. The van der Waals surface area contributed by atoms with Gasteiger partial charge >= 0.3 is 0 Å². The van der Waals surface area contributed by atoms with Crippen LogP contribution in [0.15, 0.2) is 65.1 Å². The zero-order valence-electron chi connectivity index (χ0n) is 18.8. The molecule has 1 aliphatic rings. The Morgan fingerprint density at radius 2 is 1.68 bits per heavy atom. The van der Waals surface area contributed by atoms with E-state index in [9.17, 15) is 9.59 Å². The summed E-state index contributed by atoms with van der Waals surface area (Å²) < 4.78 is 16.7. The third-order valence-corrected chi connectivity index (χ3v) is 5.82. The van der Waals surface area contributed by atoms with E-state index in [2.05, 4.69) is 5.32 Å². The van der Waals surface area contributed by atoms with Gasteiger partial charge in [0.15, 0.2) is 17.3 Å². The van der Waals surface area contributed by atoms with Gasteiger partial charge in [-0.15, -0.1) is 0 Å². The lowest BCUT2D eigenvalue weighted by molar-refractivity contribution is -0.117. The molecular formula is C25H26ClN3O5. The predicted octanol–water partition coefficient (Wildman–Crippen LogP) is 3.92. The highest BCUT2D eigenvalue weighted by Crippen LogP contribution is 2.27. The summed E-state index contributed by atoms with van der Waals surface area (Å²) in [4.78, 5) is 28.9. The number of hydrogen-bond donors (Lipinski definition) is 1. The number of anilines is 1. The predicted molar refractivity (Wildman–Crippen MR) is 128 cm³/mol. The quantitative estimate of drug-likeness (QED) is 0.523. The fraction of sp³-hybridized carbons (Fsp3) is 0.280. The van der Waals surface area contributed by atoms with Crippen LogP contribution in [0.25, 0.3) is 0 Å². The molecule has 0 saturated carbocycles. The molecule has 1 aromatic heterocycles. The first-order chi connectivity index (χ1) is 16.5. The lowest BCUT2D eigenvalue weighted by Crippen LogP contribution is -2.50. The average molecular weight is 484 g/mol. The molecule has 2 heterocycles. The molecule has 0 atom stereocenters. The second kappa shape index (κ2) is 11.1. The van der Waals surface area contributed by atoms with E-state index in [0.717, 1.165) is 0 Å². The molecule has 1 saturated heterocycles. The van der Waals surface area contributed by atoms with Crippen LogP contribution < -0.4 is 14.8 Å². The molecule has 9 heteroatoms. The highest BCUT2D eigenvalue weighted by Gasteiger charge is 2.25. The third kappa shape index (κ3) is 5.89. The van der Waals surface area contributed by atoms with Crippen molar-refractivity contribution in [2.24, 2.45) is 0 Å². The summed E-state index contributed by atoms with van der Waals surface area (Å²) in [6.45, 7) is 2.61. The summed E-state index contributed by atoms with van der Waals surface area (Å²) >= 11 is 6.09. The van der Waals surface area contributed by atoms with Crippen molar-refractivity contribution in [2.45, 2.75) is 6.61 Å². The van der Waals surface area contributed by atoms with Crippen molar-refractivity contribution in [3.05, 3.63) is 77.2 Å². The number of rotatable bonds is 8. The number of piperazine rings is 1. The van der Waals surface area contributed by atoms with E-state index in [-0.39, 0.29) is 30.7 Å². The first kappa shape index (κ1) is 23.7. The van der Waals surface area contributed by atoms with Crippen LogP contribution >= 0.6 is 11.6 Å². The number of carbonyl (C=O) groups is 2. The SMILES string of the molecule is COc1ccccc1OCc1ccc(C(=O)N2CCN(CC(=O)Nc3ccccc3Cl)CC2)o1. The van der Waals surface area contributed by atoms with Gasteiger partial charge in [0.25, 0.3) is 5.91 Å². The molecule has 178 valence electrons. The Labute approximate surface area is 203 Å². The van der Waals surface area contributed by atoms with Gasteiger partial charge in [-0.25, -0.2) is 0 Å². The minimum absolute atomic E-state index is 0.140. The van der Waals surface area contributed by atoms with Crippen LogP contribution in [-0.2, 0) is 11.4 Å². The summed E-state index contributed by atoms with van der Waals surface area (Å²) in [7, 11) is 1.58. The number of hydrogen-bond acceptors (Lipinski definition) is 6. The van der Waals surface area contributed by atoms with Crippen LogP contribution in [0.5, 0.6) is 11.5 Å². The highest BCUT2D eigenvalue weighted by atomic mass is 35.5. The van der Waals surface area contributed by atoms with Crippen LogP contribution in [0.4, 0.5) is 5.69 Å². The molecule has 0 bridgehead atoms. The fourth-order valence-corrected chi connectivity index (χ4v) is 3.86. The summed E-state index contributed by atoms with van der Waals surface area (Å²) in [5.41, 5.74) is 0.589. The van der Waals surface area contributed by atoms with Crippen molar-refractivity contribution < 1.29 is 23.5 Å². The standard InChI is InChI=1S/C25H26ClN3O5/c1-32-21-8-4-5-9-22(21)33-17-18-10-11-23(34-18)25(31)29-14-12-28(13-15-29)16-24(30)27-20-7-3-2-6-19(20)26/h2-11H,12-17H2,1H3,(H,27,30). The number of benzene rings is 2. The average Bonchev–Trinajstić information content (AvgIpc) is 3.33. The van der Waals surface area contributed by atoms with E-state index in [1.165, 1.54) is 0 Å². The Morgan fingerprint density at radius 1 is 0.971 bits per heavy atom. The molecular weight excluding hydrogens is 458 g/mol. The van der Waals surface area contributed by atoms with Crippen molar-refractivity contribution >= 4 is 29.1 Å². The molecule has 0 radical (unpaired) electrons. The Morgan fingerprint density at radius 3 is 2.41 bits per heavy atom. The molecule has 0 spiro atoms. The van der Waals surface area contributed by atoms with Gasteiger partial charge in [0, 0.05) is 26.2 Å². The molecule has 4 rings (SSSR count). The van der Waals surface area contributed by atoms with Gasteiger partial charge in [-0.3, -0.25) is 14.5 Å². The van der Waals surface area contributed by atoms with Gasteiger partial charge in [0.2, 0.25) is 5.91 Å². The molecule has 1 fully saturated rings. The van der Waals surface area contributed by atoms with Crippen LogP contribution in [0.1, 0.15) is 16.3 Å². The molecule has 0 unspecified atom stereocenters. The maximum atomic E-state index is 12.9. The topological polar surface area (TPSA) is 84.2 Å².